The third-order valence-electron chi connectivity index (χ3n) is 0.742. The van der Waals surface area contributed by atoms with Gasteiger partial charge in [0.2, 0.25) is 0 Å². The topological polar surface area (TPSA) is 34.1 Å². The van der Waals surface area contributed by atoms with Gasteiger partial charge in [-0.15, -0.1) is 0 Å². The van der Waals surface area contributed by atoms with Gasteiger partial charge in [-0.2, -0.15) is 0 Å². The predicted octanol–water partition coefficient (Wildman–Crippen LogP) is 3.42. The molecule has 0 saturated carbocycles. The van der Waals surface area contributed by atoms with Gasteiger partial charge in [-0.25, -0.2) is 0 Å². The van der Waals surface area contributed by atoms with E-state index in [1.165, 1.54) is 23.5 Å². The molecule has 0 N–H and O–H groups in total. The summed E-state index contributed by atoms with van der Waals surface area (Å²) in [6, 6.07) is 0. The van der Waals surface area contributed by atoms with Gasteiger partial charge in [0, 0.05) is 13.8 Å². The average molecular weight is 274 g/mol. The molecule has 0 aliphatic carbocycles. The Morgan fingerprint density at radius 2 is 0.857 bits per heavy atom. The maximum atomic E-state index is 9.78. The lowest BCUT2D eigenvalue weighted by Gasteiger charge is -1.71. The molecule has 0 atom stereocenters. The van der Waals surface area contributed by atoms with E-state index in [-0.39, 0.29) is 10.2 Å². The second-order valence-electron chi connectivity index (χ2n) is 1.72. The second-order valence-corrected chi connectivity index (χ2v) is 6.36. The van der Waals surface area contributed by atoms with E-state index in [1.807, 2.05) is 0 Å². The molecule has 0 fully saturated rings. The summed E-state index contributed by atoms with van der Waals surface area (Å²) in [4.78, 5) is 19.6. The lowest BCUT2D eigenvalue weighted by Crippen LogP contribution is -1.72. The van der Waals surface area contributed by atoms with Gasteiger partial charge in [0.1, 0.15) is 0 Å². The number of thioether (sulfide) groups is 2. The van der Waals surface area contributed by atoms with E-state index in [2.05, 4.69) is 12.5 Å². The molecule has 0 spiro atoms. The summed E-state index contributed by atoms with van der Waals surface area (Å²) >= 11 is 2.48. The molecule has 0 rings (SSSR count). The van der Waals surface area contributed by atoms with Gasteiger partial charge in [-0.1, -0.05) is 45.1 Å². The zero-order valence-corrected chi connectivity index (χ0v) is 12.7. The summed E-state index contributed by atoms with van der Waals surface area (Å²) in [5.74, 6) is 0. The van der Waals surface area contributed by atoms with Crippen molar-refractivity contribution in [3.05, 3.63) is 0 Å². The van der Waals surface area contributed by atoms with Crippen molar-refractivity contribution < 1.29 is 9.59 Å². The fourth-order valence-electron chi connectivity index (χ4n) is 0. The monoisotopic (exact) mass is 274 g/mol. The zero-order valence-electron chi connectivity index (χ0n) is 9.45. The van der Waals surface area contributed by atoms with Crippen LogP contribution in [-0.4, -0.2) is 35.3 Å². The molecule has 14 heavy (non-hydrogen) atoms. The van der Waals surface area contributed by atoms with Crippen LogP contribution in [0, 0.1) is 0 Å². The predicted molar refractivity (Wildman–Crippen MR) is 75.4 cm³/mol. The van der Waals surface area contributed by atoms with Crippen LogP contribution in [0.2, 0.25) is 0 Å². The van der Waals surface area contributed by atoms with Crippen molar-refractivity contribution in [2.45, 2.75) is 13.8 Å². The maximum Gasteiger partial charge on any atom is 0.185 e. The second kappa shape index (κ2) is 19.3. The van der Waals surface area contributed by atoms with E-state index in [9.17, 15) is 9.59 Å². The summed E-state index contributed by atoms with van der Waals surface area (Å²) in [6.45, 7) is 3.09. The average Bonchev–Trinajstić information content (AvgIpc) is 2.19. The van der Waals surface area contributed by atoms with Crippen molar-refractivity contribution in [3.63, 3.8) is 0 Å². The summed E-state index contributed by atoms with van der Waals surface area (Å²) in [5, 5.41) is 0.343. The quantitative estimate of drug-likeness (QED) is 0.682. The Morgan fingerprint density at radius 3 is 0.857 bits per heavy atom. The standard InChI is InChI=1S/2C3H6OS.C2H6S2/c2*1-3(4)5-2;1-3-4-2/h2*1-2H3;1-2H3. The van der Waals surface area contributed by atoms with E-state index in [0.29, 0.717) is 0 Å². The Morgan fingerprint density at radius 1 is 0.714 bits per heavy atom. The molecule has 0 bridgehead atoms. The maximum absolute atomic E-state index is 9.78. The highest BCUT2D eigenvalue weighted by atomic mass is 33.1. The smallest absolute Gasteiger partial charge is 0.185 e. The van der Waals surface area contributed by atoms with Crippen LogP contribution >= 0.6 is 45.1 Å². The largest absolute Gasteiger partial charge is 0.288 e. The SMILES string of the molecule is CSC(C)=O.CSC(C)=O.CSSC. The summed E-state index contributed by atoms with van der Waals surface area (Å²) in [5.41, 5.74) is 0. The van der Waals surface area contributed by atoms with Crippen molar-refractivity contribution in [2.24, 2.45) is 0 Å². The summed E-state index contributed by atoms with van der Waals surface area (Å²) in [7, 11) is 3.55. The molecule has 0 unspecified atom stereocenters. The van der Waals surface area contributed by atoms with Gasteiger partial charge in [-0.3, -0.25) is 9.59 Å². The number of hydrogen-bond donors (Lipinski definition) is 0. The fourth-order valence-corrected chi connectivity index (χ4v) is 0. The van der Waals surface area contributed by atoms with Crippen LogP contribution in [0.1, 0.15) is 13.8 Å². The lowest BCUT2D eigenvalue weighted by atomic mass is 10.9. The Labute approximate surface area is 104 Å². The van der Waals surface area contributed by atoms with E-state index in [4.69, 9.17) is 0 Å². The number of carbonyl (C=O) groups is 2. The van der Waals surface area contributed by atoms with E-state index < -0.39 is 0 Å². The highest BCUT2D eigenvalue weighted by Gasteiger charge is 1.77. The normalized spacial score (nSPS) is 7.57. The summed E-state index contributed by atoms with van der Waals surface area (Å²) in [6.07, 6.45) is 7.65. The molecule has 86 valence electrons. The summed E-state index contributed by atoms with van der Waals surface area (Å²) < 4.78 is 0. The molecule has 0 aromatic rings. The molecule has 0 radical (unpaired) electrons. The van der Waals surface area contributed by atoms with Crippen molar-refractivity contribution in [3.8, 4) is 0 Å². The third kappa shape index (κ3) is 53.3. The first kappa shape index (κ1) is 20.2. The Hall–Kier alpha value is 0.740. The molecule has 2 nitrogen and oxygen atoms in total. The van der Waals surface area contributed by atoms with Crippen LogP contribution in [0.3, 0.4) is 0 Å². The Bertz CT molecular complexity index is 123. The fraction of sp³-hybridized carbons (Fsp3) is 0.750. The molecule has 0 saturated heterocycles. The van der Waals surface area contributed by atoms with Crippen LogP contribution in [-0.2, 0) is 9.59 Å². The molecule has 0 amide bonds. The zero-order chi connectivity index (χ0) is 12.0. The Balaban J connectivity index is -0.000000131. The first-order chi connectivity index (χ1) is 6.45. The number of hydrogen-bond acceptors (Lipinski definition) is 6. The molecule has 6 heteroatoms. The van der Waals surface area contributed by atoms with Gasteiger partial charge < -0.3 is 0 Å². The molecule has 0 aromatic heterocycles. The lowest BCUT2D eigenvalue weighted by molar-refractivity contribution is -0.109. The number of rotatable bonds is 1. The minimum absolute atomic E-state index is 0.171. The van der Waals surface area contributed by atoms with Crippen LogP contribution in [0.5, 0.6) is 0 Å². The van der Waals surface area contributed by atoms with Crippen LogP contribution < -0.4 is 0 Å². The molecule has 0 aliphatic heterocycles. The van der Waals surface area contributed by atoms with Gasteiger partial charge in [0.25, 0.3) is 0 Å². The first-order valence-corrected chi connectivity index (χ1v) is 9.03. The van der Waals surface area contributed by atoms with E-state index in [0.717, 1.165) is 0 Å². The number of carbonyl (C=O) groups excluding carboxylic acids is 2. The molecule has 0 aromatic carbocycles. The highest BCUT2D eigenvalue weighted by molar-refractivity contribution is 8.76. The molecular weight excluding hydrogens is 256 g/mol. The first-order valence-electron chi connectivity index (χ1n) is 3.62. The van der Waals surface area contributed by atoms with Crippen molar-refractivity contribution >= 4 is 55.3 Å². The van der Waals surface area contributed by atoms with Crippen LogP contribution in [0.4, 0.5) is 0 Å². The van der Waals surface area contributed by atoms with Crippen molar-refractivity contribution in [1.82, 2.24) is 0 Å². The van der Waals surface area contributed by atoms with Gasteiger partial charge in [0.05, 0.1) is 0 Å². The van der Waals surface area contributed by atoms with E-state index >= 15 is 0 Å². The minimum Gasteiger partial charge on any atom is -0.288 e. The van der Waals surface area contributed by atoms with Crippen molar-refractivity contribution in [2.75, 3.05) is 25.0 Å². The molecular formula is C8H18O2S4. The van der Waals surface area contributed by atoms with Gasteiger partial charge >= 0.3 is 0 Å². The van der Waals surface area contributed by atoms with Crippen LogP contribution in [0.25, 0.3) is 0 Å². The highest BCUT2D eigenvalue weighted by Crippen LogP contribution is 2.09. The Kier molecular flexibility index (Phi) is 27.9. The van der Waals surface area contributed by atoms with Gasteiger partial charge in [-0.05, 0) is 25.0 Å². The van der Waals surface area contributed by atoms with Gasteiger partial charge in [0.15, 0.2) is 10.2 Å². The van der Waals surface area contributed by atoms with E-state index in [1.54, 1.807) is 47.9 Å². The minimum atomic E-state index is 0.171. The van der Waals surface area contributed by atoms with Crippen molar-refractivity contribution in [1.29, 1.82) is 0 Å². The van der Waals surface area contributed by atoms with Crippen LogP contribution in [0.15, 0.2) is 0 Å². The molecule has 0 heterocycles. The molecule has 0 aliphatic rings. The third-order valence-corrected chi connectivity index (χ3v) is 3.22.